The van der Waals surface area contributed by atoms with Gasteiger partial charge in [0.1, 0.15) is 0 Å². The Labute approximate surface area is 127 Å². The minimum atomic E-state index is -3.28. The Hall–Kier alpha value is -1.38. The van der Waals surface area contributed by atoms with Crippen molar-refractivity contribution < 1.29 is 8.42 Å². The second-order valence-electron chi connectivity index (χ2n) is 5.74. The van der Waals surface area contributed by atoms with Crippen LogP contribution in [-0.2, 0) is 9.84 Å². The van der Waals surface area contributed by atoms with E-state index in [2.05, 4.69) is 12.2 Å². The number of nitrogens with one attached hydrogen (secondary N) is 1. The molecule has 1 aliphatic carbocycles. The van der Waals surface area contributed by atoms with Crippen LogP contribution in [0.3, 0.4) is 0 Å². The third kappa shape index (κ3) is 4.29. The Bertz CT molecular complexity index is 596. The van der Waals surface area contributed by atoms with E-state index in [0.717, 1.165) is 0 Å². The highest BCUT2D eigenvalue weighted by Crippen LogP contribution is 2.27. The summed E-state index contributed by atoms with van der Waals surface area (Å²) in [4.78, 5) is 0.289. The van der Waals surface area contributed by atoms with Crippen molar-refractivity contribution in [1.29, 1.82) is 5.26 Å². The van der Waals surface area contributed by atoms with Crippen LogP contribution >= 0.6 is 0 Å². The zero-order valence-corrected chi connectivity index (χ0v) is 13.2. The van der Waals surface area contributed by atoms with E-state index < -0.39 is 9.84 Å². The normalized spacial score (nSPS) is 17.5. The standard InChI is InChI=1S/C16H22N2O2S/c1-13(15-4-2-3-5-15)18-10-11-21(19,20)16-8-6-14(12-17)7-9-16/h6-9,13,15,18H,2-5,10-11H2,1H3. The van der Waals surface area contributed by atoms with Gasteiger partial charge in [-0.3, -0.25) is 0 Å². The van der Waals surface area contributed by atoms with Gasteiger partial charge in [-0.25, -0.2) is 8.42 Å². The Balaban J connectivity index is 1.87. The molecule has 0 radical (unpaired) electrons. The van der Waals surface area contributed by atoms with Crippen LogP contribution in [0.25, 0.3) is 0 Å². The summed E-state index contributed by atoms with van der Waals surface area (Å²) < 4.78 is 24.4. The molecule has 1 aliphatic rings. The van der Waals surface area contributed by atoms with Gasteiger partial charge in [0, 0.05) is 12.6 Å². The molecule has 1 saturated carbocycles. The second-order valence-corrected chi connectivity index (χ2v) is 7.85. The number of benzene rings is 1. The molecule has 5 heteroatoms. The van der Waals surface area contributed by atoms with Crippen molar-refractivity contribution in [2.75, 3.05) is 12.3 Å². The number of hydrogen-bond acceptors (Lipinski definition) is 4. The summed E-state index contributed by atoms with van der Waals surface area (Å²) in [5.41, 5.74) is 0.474. The van der Waals surface area contributed by atoms with Gasteiger partial charge in [0.25, 0.3) is 0 Å². The number of rotatable bonds is 6. The molecular formula is C16H22N2O2S. The average Bonchev–Trinajstić information content (AvgIpc) is 3.01. The summed E-state index contributed by atoms with van der Waals surface area (Å²) >= 11 is 0. The Morgan fingerprint density at radius 2 is 1.90 bits per heavy atom. The summed E-state index contributed by atoms with van der Waals surface area (Å²) in [6.45, 7) is 2.62. The van der Waals surface area contributed by atoms with Gasteiger partial charge in [0.2, 0.25) is 0 Å². The predicted octanol–water partition coefficient (Wildman–Crippen LogP) is 2.50. The maximum Gasteiger partial charge on any atom is 0.179 e. The van der Waals surface area contributed by atoms with Crippen LogP contribution < -0.4 is 5.32 Å². The van der Waals surface area contributed by atoms with Gasteiger partial charge in [-0.1, -0.05) is 12.8 Å². The largest absolute Gasteiger partial charge is 0.313 e. The van der Waals surface area contributed by atoms with Gasteiger partial charge in [0.15, 0.2) is 9.84 Å². The predicted molar refractivity (Wildman–Crippen MR) is 82.6 cm³/mol. The van der Waals surface area contributed by atoms with E-state index in [1.165, 1.54) is 37.8 Å². The molecule has 1 unspecified atom stereocenters. The SMILES string of the molecule is CC(NCCS(=O)(=O)c1ccc(C#N)cc1)C1CCCC1. The second kappa shape index (κ2) is 7.06. The van der Waals surface area contributed by atoms with Gasteiger partial charge in [-0.2, -0.15) is 5.26 Å². The molecule has 0 saturated heterocycles. The third-order valence-electron chi connectivity index (χ3n) is 4.29. The van der Waals surface area contributed by atoms with E-state index in [0.29, 0.717) is 24.1 Å². The molecular weight excluding hydrogens is 284 g/mol. The number of nitriles is 1. The fourth-order valence-electron chi connectivity index (χ4n) is 2.90. The summed E-state index contributed by atoms with van der Waals surface area (Å²) in [6.07, 6.45) is 5.08. The molecule has 2 rings (SSSR count). The number of sulfone groups is 1. The van der Waals surface area contributed by atoms with Crippen LogP contribution in [0.2, 0.25) is 0 Å². The lowest BCUT2D eigenvalue weighted by Crippen LogP contribution is -2.35. The van der Waals surface area contributed by atoms with E-state index >= 15 is 0 Å². The number of hydrogen-bond donors (Lipinski definition) is 1. The first-order valence-electron chi connectivity index (χ1n) is 7.49. The van der Waals surface area contributed by atoms with Crippen LogP contribution in [0.5, 0.6) is 0 Å². The minimum Gasteiger partial charge on any atom is -0.313 e. The highest BCUT2D eigenvalue weighted by molar-refractivity contribution is 7.91. The molecule has 1 atom stereocenters. The first-order chi connectivity index (χ1) is 10.0. The zero-order chi connectivity index (χ0) is 15.3. The Morgan fingerprint density at radius 1 is 1.29 bits per heavy atom. The zero-order valence-electron chi connectivity index (χ0n) is 12.4. The monoisotopic (exact) mass is 306 g/mol. The van der Waals surface area contributed by atoms with Crippen LogP contribution in [0.15, 0.2) is 29.2 Å². The van der Waals surface area contributed by atoms with Crippen LogP contribution in [0.4, 0.5) is 0 Å². The first kappa shape index (κ1) is 16.0. The minimum absolute atomic E-state index is 0.0932. The van der Waals surface area contributed by atoms with E-state index in [4.69, 9.17) is 5.26 Å². The summed E-state index contributed by atoms with van der Waals surface area (Å²) in [7, 11) is -3.28. The molecule has 0 bridgehead atoms. The van der Waals surface area contributed by atoms with Crippen molar-refractivity contribution in [3.05, 3.63) is 29.8 Å². The smallest absolute Gasteiger partial charge is 0.179 e. The van der Waals surface area contributed by atoms with Crippen molar-refractivity contribution in [3.8, 4) is 6.07 Å². The molecule has 1 aromatic carbocycles. The lowest BCUT2D eigenvalue weighted by atomic mass is 10.00. The van der Waals surface area contributed by atoms with Crippen molar-refractivity contribution in [1.82, 2.24) is 5.32 Å². The molecule has 0 aromatic heterocycles. The number of nitrogens with zero attached hydrogens (tertiary/aromatic N) is 1. The van der Waals surface area contributed by atoms with Gasteiger partial charge < -0.3 is 5.32 Å². The van der Waals surface area contributed by atoms with Crippen molar-refractivity contribution in [2.45, 2.75) is 43.5 Å². The highest BCUT2D eigenvalue weighted by Gasteiger charge is 2.22. The van der Waals surface area contributed by atoms with Crippen LogP contribution in [-0.4, -0.2) is 26.8 Å². The molecule has 114 valence electrons. The van der Waals surface area contributed by atoms with E-state index in [1.807, 2.05) is 6.07 Å². The molecule has 0 amide bonds. The molecule has 1 aromatic rings. The molecule has 0 spiro atoms. The Kier molecular flexibility index (Phi) is 5.38. The molecule has 21 heavy (non-hydrogen) atoms. The van der Waals surface area contributed by atoms with E-state index in [-0.39, 0.29) is 10.6 Å². The van der Waals surface area contributed by atoms with Gasteiger partial charge >= 0.3 is 0 Å². The molecule has 4 nitrogen and oxygen atoms in total. The average molecular weight is 306 g/mol. The summed E-state index contributed by atoms with van der Waals surface area (Å²) in [5.74, 6) is 0.776. The topological polar surface area (TPSA) is 70.0 Å². The van der Waals surface area contributed by atoms with Crippen LogP contribution in [0.1, 0.15) is 38.2 Å². The maximum absolute atomic E-state index is 12.2. The van der Waals surface area contributed by atoms with E-state index in [1.54, 1.807) is 12.1 Å². The highest BCUT2D eigenvalue weighted by atomic mass is 32.2. The quantitative estimate of drug-likeness (QED) is 0.876. The first-order valence-corrected chi connectivity index (χ1v) is 9.14. The van der Waals surface area contributed by atoms with Gasteiger partial charge in [0.05, 0.1) is 22.3 Å². The van der Waals surface area contributed by atoms with Gasteiger partial charge in [-0.15, -0.1) is 0 Å². The lowest BCUT2D eigenvalue weighted by Gasteiger charge is -2.20. The van der Waals surface area contributed by atoms with Crippen molar-refractivity contribution in [3.63, 3.8) is 0 Å². The molecule has 0 heterocycles. The van der Waals surface area contributed by atoms with E-state index in [9.17, 15) is 8.42 Å². The fourth-order valence-corrected chi connectivity index (χ4v) is 4.07. The van der Waals surface area contributed by atoms with Crippen molar-refractivity contribution in [2.24, 2.45) is 5.92 Å². The lowest BCUT2D eigenvalue weighted by molar-refractivity contribution is 0.389. The summed E-state index contributed by atoms with van der Waals surface area (Å²) in [5, 5.41) is 12.1. The molecule has 0 aliphatic heterocycles. The van der Waals surface area contributed by atoms with Gasteiger partial charge in [-0.05, 0) is 49.9 Å². The van der Waals surface area contributed by atoms with Crippen LogP contribution in [0, 0.1) is 17.2 Å². The summed E-state index contributed by atoms with van der Waals surface area (Å²) in [6, 6.07) is 8.47. The third-order valence-corrected chi connectivity index (χ3v) is 6.02. The van der Waals surface area contributed by atoms with Crippen molar-refractivity contribution >= 4 is 9.84 Å². The Morgan fingerprint density at radius 3 is 2.48 bits per heavy atom. The molecule has 1 fully saturated rings. The fraction of sp³-hybridized carbons (Fsp3) is 0.562. The maximum atomic E-state index is 12.2. The molecule has 1 N–H and O–H groups in total.